The molecule has 0 aromatic heterocycles. The molecule has 0 aliphatic heterocycles. The van der Waals surface area contributed by atoms with Crippen LogP contribution in [0.3, 0.4) is 0 Å². The first-order valence-corrected chi connectivity index (χ1v) is 10.5. The summed E-state index contributed by atoms with van der Waals surface area (Å²) in [4.78, 5) is 48.2. The second-order valence-corrected chi connectivity index (χ2v) is 7.57. The highest BCUT2D eigenvalue weighted by molar-refractivity contribution is 7.80. The number of benzene rings is 1. The topological polar surface area (TPSA) is 171 Å². The third-order valence-corrected chi connectivity index (χ3v) is 5.17. The Kier molecular flexibility index (Phi) is 10.8. The van der Waals surface area contributed by atoms with Crippen molar-refractivity contribution in [1.29, 1.82) is 0 Å². The molecule has 31 heavy (non-hydrogen) atoms. The van der Waals surface area contributed by atoms with Gasteiger partial charge in [-0.3, -0.25) is 14.4 Å². The van der Waals surface area contributed by atoms with Gasteiger partial charge < -0.3 is 31.9 Å². The van der Waals surface area contributed by atoms with E-state index in [0.717, 1.165) is 0 Å². The molecule has 0 bridgehead atoms. The molecule has 0 aliphatic carbocycles. The molecule has 0 heterocycles. The van der Waals surface area contributed by atoms with E-state index < -0.39 is 48.4 Å². The van der Waals surface area contributed by atoms with Crippen molar-refractivity contribution in [3.8, 4) is 5.75 Å². The number of aliphatic carboxylic acids is 1. The quantitative estimate of drug-likeness (QED) is 0.207. The maximum absolute atomic E-state index is 12.6. The van der Waals surface area contributed by atoms with E-state index >= 15 is 0 Å². The van der Waals surface area contributed by atoms with Gasteiger partial charge >= 0.3 is 5.97 Å². The molecule has 10 nitrogen and oxygen atoms in total. The largest absolute Gasteiger partial charge is 0.508 e. The Morgan fingerprint density at radius 2 is 1.68 bits per heavy atom. The highest BCUT2D eigenvalue weighted by Gasteiger charge is 2.27. The molecule has 0 aliphatic rings. The van der Waals surface area contributed by atoms with Crippen LogP contribution < -0.4 is 21.7 Å². The monoisotopic (exact) mass is 454 g/mol. The highest BCUT2D eigenvalue weighted by Crippen LogP contribution is 2.12. The molecule has 0 saturated heterocycles. The number of rotatable bonds is 12. The molecule has 4 atom stereocenters. The van der Waals surface area contributed by atoms with E-state index in [1.165, 1.54) is 12.1 Å². The van der Waals surface area contributed by atoms with Gasteiger partial charge in [0.2, 0.25) is 17.7 Å². The van der Waals surface area contributed by atoms with Crippen molar-refractivity contribution in [1.82, 2.24) is 16.0 Å². The van der Waals surface area contributed by atoms with Crippen LogP contribution in [0.4, 0.5) is 0 Å². The zero-order valence-electron chi connectivity index (χ0n) is 17.5. The van der Waals surface area contributed by atoms with Crippen LogP contribution >= 0.6 is 12.6 Å². The summed E-state index contributed by atoms with van der Waals surface area (Å²) in [5.41, 5.74) is 6.45. The number of phenols is 1. The lowest BCUT2D eigenvalue weighted by Crippen LogP contribution is -2.55. The maximum atomic E-state index is 12.6. The predicted molar refractivity (Wildman–Crippen MR) is 118 cm³/mol. The van der Waals surface area contributed by atoms with Crippen LogP contribution in [0.5, 0.6) is 5.75 Å². The molecule has 11 heteroatoms. The Labute approximate surface area is 186 Å². The number of thiol groups is 1. The second kappa shape index (κ2) is 12.8. The van der Waals surface area contributed by atoms with Crippen LogP contribution in [0.15, 0.2) is 24.3 Å². The summed E-state index contributed by atoms with van der Waals surface area (Å²) in [7, 11) is 0. The van der Waals surface area contributed by atoms with E-state index in [2.05, 4.69) is 28.6 Å². The Morgan fingerprint density at radius 3 is 2.19 bits per heavy atom. The summed E-state index contributed by atoms with van der Waals surface area (Å²) in [5, 5.41) is 25.8. The van der Waals surface area contributed by atoms with Gasteiger partial charge in [-0.1, -0.05) is 32.4 Å². The van der Waals surface area contributed by atoms with Crippen LogP contribution in [-0.2, 0) is 25.6 Å². The number of amides is 3. The molecule has 3 amide bonds. The van der Waals surface area contributed by atoms with E-state index in [9.17, 15) is 24.3 Å². The first kappa shape index (κ1) is 26.2. The van der Waals surface area contributed by atoms with Crippen molar-refractivity contribution in [2.45, 2.75) is 44.8 Å². The summed E-state index contributed by atoms with van der Waals surface area (Å²) in [6, 6.07) is 2.89. The zero-order valence-corrected chi connectivity index (χ0v) is 18.4. The third kappa shape index (κ3) is 8.85. The van der Waals surface area contributed by atoms with Gasteiger partial charge in [-0.2, -0.15) is 12.6 Å². The van der Waals surface area contributed by atoms with Crippen molar-refractivity contribution >= 4 is 36.3 Å². The molecule has 172 valence electrons. The van der Waals surface area contributed by atoms with E-state index in [1.54, 1.807) is 12.1 Å². The molecule has 0 saturated carbocycles. The molecule has 4 unspecified atom stereocenters. The van der Waals surface area contributed by atoms with Crippen LogP contribution in [0, 0.1) is 5.92 Å². The van der Waals surface area contributed by atoms with E-state index in [1.807, 2.05) is 13.8 Å². The van der Waals surface area contributed by atoms with Gasteiger partial charge in [0.15, 0.2) is 0 Å². The van der Waals surface area contributed by atoms with Gasteiger partial charge in [0.05, 0.1) is 12.6 Å². The fourth-order valence-corrected chi connectivity index (χ4v) is 2.83. The number of hydrogen-bond acceptors (Lipinski definition) is 7. The molecule has 0 spiro atoms. The lowest BCUT2D eigenvalue weighted by molar-refractivity contribution is -0.141. The summed E-state index contributed by atoms with van der Waals surface area (Å²) in [5.74, 6) is -3.26. The Hall–Kier alpha value is -2.79. The van der Waals surface area contributed by atoms with Gasteiger partial charge in [-0.25, -0.2) is 4.79 Å². The van der Waals surface area contributed by atoms with Crippen molar-refractivity contribution in [3.63, 3.8) is 0 Å². The average molecular weight is 455 g/mol. The first-order chi connectivity index (χ1) is 14.6. The van der Waals surface area contributed by atoms with Crippen molar-refractivity contribution in [2.75, 3.05) is 12.3 Å². The Morgan fingerprint density at radius 1 is 1.06 bits per heavy atom. The average Bonchev–Trinajstić information content (AvgIpc) is 2.75. The molecule has 1 aromatic carbocycles. The number of nitrogens with one attached hydrogen (secondary N) is 3. The van der Waals surface area contributed by atoms with Gasteiger partial charge in [-0.15, -0.1) is 0 Å². The van der Waals surface area contributed by atoms with Crippen LogP contribution in [0.25, 0.3) is 0 Å². The molecular weight excluding hydrogens is 424 g/mol. The number of hydrogen-bond donors (Lipinski definition) is 7. The fourth-order valence-electron chi connectivity index (χ4n) is 2.58. The van der Waals surface area contributed by atoms with E-state index in [-0.39, 0.29) is 23.8 Å². The number of aromatic hydroxyl groups is 1. The number of carboxylic acids is 1. The SMILES string of the molecule is CCC(C)C(N)C(=O)NCC(=O)NC(Cc1ccc(O)cc1)C(=O)NC(CS)C(=O)O. The summed E-state index contributed by atoms with van der Waals surface area (Å²) < 4.78 is 0. The van der Waals surface area contributed by atoms with Crippen LogP contribution in [0.2, 0.25) is 0 Å². The molecule has 7 N–H and O–H groups in total. The third-order valence-electron chi connectivity index (χ3n) is 4.81. The van der Waals surface area contributed by atoms with Gasteiger partial charge in [-0.05, 0) is 23.6 Å². The number of nitrogens with two attached hydrogens (primary N) is 1. The minimum absolute atomic E-state index is 0.0372. The molecule has 0 fully saturated rings. The maximum Gasteiger partial charge on any atom is 0.327 e. The smallest absolute Gasteiger partial charge is 0.327 e. The van der Waals surface area contributed by atoms with E-state index in [0.29, 0.717) is 12.0 Å². The highest BCUT2D eigenvalue weighted by atomic mass is 32.1. The minimum atomic E-state index is -1.26. The summed E-state index contributed by atoms with van der Waals surface area (Å²) in [6.07, 6.45) is 0.739. The molecule has 1 aromatic rings. The first-order valence-electron chi connectivity index (χ1n) is 9.83. The second-order valence-electron chi connectivity index (χ2n) is 7.20. The van der Waals surface area contributed by atoms with Crippen LogP contribution in [-0.4, -0.2) is 64.3 Å². The molecule has 1 rings (SSSR count). The summed E-state index contributed by atoms with van der Waals surface area (Å²) in [6.45, 7) is 3.33. The van der Waals surface area contributed by atoms with Crippen LogP contribution in [0.1, 0.15) is 25.8 Å². The van der Waals surface area contributed by atoms with Gasteiger partial charge in [0.1, 0.15) is 17.8 Å². The molecule has 0 radical (unpaired) electrons. The lowest BCUT2D eigenvalue weighted by Gasteiger charge is -2.22. The van der Waals surface area contributed by atoms with E-state index in [4.69, 9.17) is 10.8 Å². The number of carboxylic acid groups (broad SMARTS) is 1. The predicted octanol–water partition coefficient (Wildman–Crippen LogP) is -0.592. The standard InChI is InChI=1S/C20H30N4O6S/c1-3-11(2)17(21)19(28)22-9-16(26)23-14(8-12-4-6-13(25)7-5-12)18(27)24-15(10-31)20(29)30/h4-7,11,14-15,17,25,31H,3,8-10,21H2,1-2H3,(H,22,28)(H,23,26)(H,24,27)(H,29,30). The van der Waals surface area contributed by atoms with Crippen molar-refractivity contribution in [2.24, 2.45) is 11.7 Å². The summed E-state index contributed by atoms with van der Waals surface area (Å²) >= 11 is 3.91. The van der Waals surface area contributed by atoms with Gasteiger partial charge in [0.25, 0.3) is 0 Å². The zero-order chi connectivity index (χ0) is 23.6. The fraction of sp³-hybridized carbons (Fsp3) is 0.500. The minimum Gasteiger partial charge on any atom is -0.508 e. The number of carbonyl (C=O) groups excluding carboxylic acids is 3. The Bertz CT molecular complexity index is 773. The number of carbonyl (C=O) groups is 4. The normalized spacial score (nSPS) is 14.6. The Balaban J connectivity index is 2.83. The van der Waals surface area contributed by atoms with Crippen molar-refractivity contribution < 1.29 is 29.4 Å². The molecular formula is C20H30N4O6S. The van der Waals surface area contributed by atoms with Gasteiger partial charge in [0, 0.05) is 12.2 Å². The number of phenolic OH excluding ortho intramolecular Hbond substituents is 1. The van der Waals surface area contributed by atoms with Crippen molar-refractivity contribution in [3.05, 3.63) is 29.8 Å². The lowest BCUT2D eigenvalue weighted by atomic mass is 9.99.